The van der Waals surface area contributed by atoms with Crippen molar-refractivity contribution in [1.82, 2.24) is 9.78 Å². The Morgan fingerprint density at radius 2 is 2.29 bits per heavy atom. The third-order valence-electron chi connectivity index (χ3n) is 2.53. The van der Waals surface area contributed by atoms with Crippen molar-refractivity contribution in [1.29, 1.82) is 0 Å². The van der Waals surface area contributed by atoms with E-state index < -0.39 is 0 Å². The Morgan fingerprint density at radius 3 is 2.86 bits per heavy atom. The molecule has 0 unspecified atom stereocenters. The molecule has 1 saturated heterocycles. The van der Waals surface area contributed by atoms with Gasteiger partial charge in [0.1, 0.15) is 0 Å². The summed E-state index contributed by atoms with van der Waals surface area (Å²) in [5.41, 5.74) is 0. The van der Waals surface area contributed by atoms with Crippen molar-refractivity contribution in [2.24, 2.45) is 5.92 Å². The van der Waals surface area contributed by atoms with Crippen LogP contribution in [0.4, 0.5) is 0 Å². The van der Waals surface area contributed by atoms with Gasteiger partial charge in [-0.1, -0.05) is 11.6 Å². The lowest BCUT2D eigenvalue weighted by atomic mass is 10.0. The molecule has 0 bridgehead atoms. The normalized spacial score (nSPS) is 18.6. The molecule has 2 rings (SSSR count). The number of halogens is 1. The van der Waals surface area contributed by atoms with Crippen molar-refractivity contribution in [2.75, 3.05) is 11.5 Å². The molecule has 0 radical (unpaired) electrons. The van der Waals surface area contributed by atoms with Gasteiger partial charge in [0.15, 0.2) is 10.9 Å². The number of aromatic nitrogens is 2. The fourth-order valence-corrected chi connectivity index (χ4v) is 3.03. The molecule has 1 aliphatic rings. The van der Waals surface area contributed by atoms with Gasteiger partial charge in [-0.15, -0.1) is 0 Å². The van der Waals surface area contributed by atoms with Crippen molar-refractivity contribution in [3.05, 3.63) is 11.3 Å². The Labute approximate surface area is 92.4 Å². The zero-order valence-electron chi connectivity index (χ0n) is 7.82. The number of hydrogen-bond acceptors (Lipinski definition) is 3. The maximum Gasteiger partial charge on any atom is 0.172 e. The molecule has 1 N–H and O–H groups in total. The lowest BCUT2D eigenvalue weighted by Crippen LogP contribution is -2.17. The number of nitrogens with zero attached hydrogens (tertiary/aromatic N) is 2. The van der Waals surface area contributed by atoms with E-state index in [9.17, 15) is 5.11 Å². The lowest BCUT2D eigenvalue weighted by Gasteiger charge is -2.21. The summed E-state index contributed by atoms with van der Waals surface area (Å²) in [4.78, 5) is 0. The molecular weight excluding hydrogens is 220 g/mol. The molecule has 1 aromatic heterocycles. The van der Waals surface area contributed by atoms with Crippen molar-refractivity contribution < 1.29 is 5.11 Å². The summed E-state index contributed by atoms with van der Waals surface area (Å²) in [5, 5.41) is 13.7. The van der Waals surface area contributed by atoms with Crippen LogP contribution in [0.2, 0.25) is 5.15 Å². The van der Waals surface area contributed by atoms with E-state index in [2.05, 4.69) is 5.10 Å². The van der Waals surface area contributed by atoms with Gasteiger partial charge in [0.25, 0.3) is 0 Å². The number of hydrogen-bond donors (Lipinski definition) is 1. The van der Waals surface area contributed by atoms with E-state index in [1.54, 1.807) is 4.68 Å². The molecule has 0 spiro atoms. The average Bonchev–Trinajstić information content (AvgIpc) is 2.52. The monoisotopic (exact) mass is 232 g/mol. The molecule has 5 heteroatoms. The van der Waals surface area contributed by atoms with Gasteiger partial charge in [-0.2, -0.15) is 16.9 Å². The summed E-state index contributed by atoms with van der Waals surface area (Å²) in [7, 11) is 0. The van der Waals surface area contributed by atoms with Crippen LogP contribution in [-0.4, -0.2) is 26.4 Å². The van der Waals surface area contributed by atoms with Crippen LogP contribution in [0.15, 0.2) is 6.20 Å². The van der Waals surface area contributed by atoms with E-state index in [1.807, 2.05) is 11.8 Å². The summed E-state index contributed by atoms with van der Waals surface area (Å²) in [6.07, 6.45) is 3.85. The van der Waals surface area contributed by atoms with Gasteiger partial charge in [-0.25, -0.2) is 0 Å². The van der Waals surface area contributed by atoms with Crippen LogP contribution in [0.3, 0.4) is 0 Å². The first-order valence-electron chi connectivity index (χ1n) is 4.75. The van der Waals surface area contributed by atoms with E-state index in [-0.39, 0.29) is 5.75 Å². The first-order valence-corrected chi connectivity index (χ1v) is 6.28. The largest absolute Gasteiger partial charge is 0.504 e. The fraction of sp³-hybridized carbons (Fsp3) is 0.667. The second-order valence-electron chi connectivity index (χ2n) is 3.56. The maximum atomic E-state index is 9.25. The molecule has 0 atom stereocenters. The van der Waals surface area contributed by atoms with Gasteiger partial charge >= 0.3 is 0 Å². The lowest BCUT2D eigenvalue weighted by molar-refractivity contribution is 0.393. The second-order valence-corrected chi connectivity index (χ2v) is 5.14. The third kappa shape index (κ3) is 2.17. The van der Waals surface area contributed by atoms with Crippen LogP contribution in [0.25, 0.3) is 0 Å². The number of thioether (sulfide) groups is 1. The van der Waals surface area contributed by atoms with Gasteiger partial charge in [-0.3, -0.25) is 4.68 Å². The highest BCUT2D eigenvalue weighted by Crippen LogP contribution is 2.27. The fourth-order valence-electron chi connectivity index (χ4n) is 1.66. The molecule has 0 amide bonds. The molecule has 1 aromatic rings. The van der Waals surface area contributed by atoms with Gasteiger partial charge in [0.05, 0.1) is 6.20 Å². The average molecular weight is 233 g/mol. The van der Waals surface area contributed by atoms with E-state index >= 15 is 0 Å². The Balaban J connectivity index is 1.99. The summed E-state index contributed by atoms with van der Waals surface area (Å²) in [6.45, 7) is 0.833. The van der Waals surface area contributed by atoms with Crippen molar-refractivity contribution in [3.63, 3.8) is 0 Å². The van der Waals surface area contributed by atoms with E-state index in [0.29, 0.717) is 11.1 Å². The Hall–Kier alpha value is -0.350. The highest BCUT2D eigenvalue weighted by atomic mass is 35.5. The minimum absolute atomic E-state index is 0.0804. The molecule has 2 heterocycles. The molecule has 1 fully saturated rings. The molecule has 0 aliphatic carbocycles. The smallest absolute Gasteiger partial charge is 0.172 e. The van der Waals surface area contributed by atoms with Crippen LogP contribution in [-0.2, 0) is 6.54 Å². The van der Waals surface area contributed by atoms with Crippen LogP contribution in [0.5, 0.6) is 5.75 Å². The predicted octanol–water partition coefficient (Wildman–Crippen LogP) is 2.39. The minimum Gasteiger partial charge on any atom is -0.504 e. The standard InChI is InChI=1S/C9H13ClN2OS/c10-9-8(13)5-11-12(9)6-7-1-3-14-4-2-7/h5,7,13H,1-4,6H2. The SMILES string of the molecule is Oc1cnn(CC2CCSCC2)c1Cl. The second kappa shape index (κ2) is 4.45. The summed E-state index contributed by atoms with van der Waals surface area (Å²) < 4.78 is 1.69. The number of aromatic hydroxyl groups is 1. The molecular formula is C9H13ClN2OS. The first kappa shape index (κ1) is 10.2. The van der Waals surface area contributed by atoms with Gasteiger partial charge in [0, 0.05) is 6.54 Å². The topological polar surface area (TPSA) is 38.1 Å². The summed E-state index contributed by atoms with van der Waals surface area (Å²) >= 11 is 7.88. The van der Waals surface area contributed by atoms with Crippen molar-refractivity contribution in [2.45, 2.75) is 19.4 Å². The zero-order chi connectivity index (χ0) is 9.97. The van der Waals surface area contributed by atoms with Crippen molar-refractivity contribution in [3.8, 4) is 5.75 Å². The highest BCUT2D eigenvalue weighted by molar-refractivity contribution is 7.99. The predicted molar refractivity (Wildman–Crippen MR) is 59.0 cm³/mol. The maximum absolute atomic E-state index is 9.25. The quantitative estimate of drug-likeness (QED) is 0.851. The van der Waals surface area contributed by atoms with Crippen LogP contribution in [0, 0.1) is 5.92 Å². The highest BCUT2D eigenvalue weighted by Gasteiger charge is 2.16. The van der Waals surface area contributed by atoms with Gasteiger partial charge < -0.3 is 5.11 Å². The third-order valence-corrected chi connectivity index (χ3v) is 3.97. The minimum atomic E-state index is 0.0804. The number of rotatable bonds is 2. The molecule has 3 nitrogen and oxygen atoms in total. The zero-order valence-corrected chi connectivity index (χ0v) is 9.39. The van der Waals surface area contributed by atoms with E-state index in [1.165, 1.54) is 30.5 Å². The first-order chi connectivity index (χ1) is 6.77. The molecule has 0 saturated carbocycles. The Kier molecular flexibility index (Phi) is 3.23. The van der Waals surface area contributed by atoms with E-state index in [0.717, 1.165) is 6.54 Å². The summed E-state index contributed by atoms with van der Waals surface area (Å²) in [5.74, 6) is 3.20. The van der Waals surface area contributed by atoms with Crippen LogP contribution < -0.4 is 0 Å². The Bertz CT molecular complexity index is 310. The van der Waals surface area contributed by atoms with Gasteiger partial charge in [0.2, 0.25) is 0 Å². The summed E-state index contributed by atoms with van der Waals surface area (Å²) in [6, 6.07) is 0. The van der Waals surface area contributed by atoms with Gasteiger partial charge in [-0.05, 0) is 30.3 Å². The van der Waals surface area contributed by atoms with Crippen LogP contribution >= 0.6 is 23.4 Å². The molecule has 0 aromatic carbocycles. The van der Waals surface area contributed by atoms with E-state index in [4.69, 9.17) is 11.6 Å². The molecule has 1 aliphatic heterocycles. The Morgan fingerprint density at radius 1 is 1.57 bits per heavy atom. The van der Waals surface area contributed by atoms with Crippen LogP contribution in [0.1, 0.15) is 12.8 Å². The van der Waals surface area contributed by atoms with Crippen molar-refractivity contribution >= 4 is 23.4 Å². The molecule has 78 valence electrons. The molecule has 14 heavy (non-hydrogen) atoms.